The molecule has 1 aliphatic heterocycles. The molecular formula is C13H18N2O4S. The van der Waals surface area contributed by atoms with Crippen molar-refractivity contribution in [3.63, 3.8) is 0 Å². The molecule has 0 amide bonds. The van der Waals surface area contributed by atoms with E-state index in [1.807, 2.05) is 4.90 Å². The van der Waals surface area contributed by atoms with Gasteiger partial charge in [0, 0.05) is 25.3 Å². The molecule has 0 saturated carbocycles. The van der Waals surface area contributed by atoms with Gasteiger partial charge in [-0.3, -0.25) is 4.79 Å². The lowest BCUT2D eigenvalue weighted by molar-refractivity contribution is -0.140. The Bertz CT molecular complexity index is 583. The van der Waals surface area contributed by atoms with Crippen LogP contribution in [0.3, 0.4) is 0 Å². The predicted molar refractivity (Wildman–Crippen MR) is 75.3 cm³/mol. The molecule has 2 rings (SSSR count). The molecule has 0 spiro atoms. The summed E-state index contributed by atoms with van der Waals surface area (Å²) in [6, 6.07) is 6.52. The average molecular weight is 298 g/mol. The van der Waals surface area contributed by atoms with Crippen molar-refractivity contribution in [3.8, 4) is 0 Å². The Hall–Kier alpha value is -1.60. The molecule has 6 nitrogen and oxygen atoms in total. The summed E-state index contributed by atoms with van der Waals surface area (Å²) in [6.07, 6.45) is 0.618. The lowest BCUT2D eigenvalue weighted by Gasteiger charge is -2.18. The highest BCUT2D eigenvalue weighted by Gasteiger charge is 2.28. The number of carbonyl (C=O) groups is 1. The van der Waals surface area contributed by atoms with Gasteiger partial charge in [0.1, 0.15) is 0 Å². The van der Waals surface area contributed by atoms with Gasteiger partial charge in [0.25, 0.3) is 0 Å². The first-order valence-corrected chi connectivity index (χ1v) is 8.00. The maximum absolute atomic E-state index is 11.8. The van der Waals surface area contributed by atoms with Gasteiger partial charge in [0.15, 0.2) is 0 Å². The van der Waals surface area contributed by atoms with Crippen LogP contribution in [0.4, 0.5) is 5.69 Å². The van der Waals surface area contributed by atoms with E-state index in [2.05, 4.69) is 4.72 Å². The molecule has 0 aromatic heterocycles. The third-order valence-electron chi connectivity index (χ3n) is 3.38. The number of rotatable bonds is 5. The van der Waals surface area contributed by atoms with Crippen molar-refractivity contribution in [1.29, 1.82) is 0 Å². The minimum atomic E-state index is -3.44. The van der Waals surface area contributed by atoms with Gasteiger partial charge < -0.3 is 10.0 Å². The molecule has 0 aliphatic carbocycles. The van der Waals surface area contributed by atoms with Crippen molar-refractivity contribution in [3.05, 3.63) is 24.3 Å². The molecule has 2 N–H and O–H groups in total. The van der Waals surface area contributed by atoms with Crippen LogP contribution in [0, 0.1) is 5.92 Å². The Morgan fingerprint density at radius 3 is 2.55 bits per heavy atom. The van der Waals surface area contributed by atoms with E-state index in [1.165, 1.54) is 0 Å². The number of hydrogen-bond donors (Lipinski definition) is 2. The van der Waals surface area contributed by atoms with Gasteiger partial charge in [-0.05, 0) is 30.7 Å². The number of aliphatic carboxylic acids is 1. The van der Waals surface area contributed by atoms with Crippen LogP contribution in [-0.2, 0) is 14.8 Å². The molecule has 0 radical (unpaired) electrons. The molecule has 20 heavy (non-hydrogen) atoms. The first-order valence-electron chi connectivity index (χ1n) is 6.51. The van der Waals surface area contributed by atoms with Crippen LogP contribution in [0.1, 0.15) is 13.3 Å². The second-order valence-electron chi connectivity index (χ2n) is 4.77. The summed E-state index contributed by atoms with van der Waals surface area (Å²) < 4.78 is 26.0. The van der Waals surface area contributed by atoms with E-state index < -0.39 is 16.0 Å². The minimum absolute atomic E-state index is 0.220. The Balaban J connectivity index is 2.12. The fourth-order valence-electron chi connectivity index (χ4n) is 2.31. The van der Waals surface area contributed by atoms with Crippen molar-refractivity contribution in [1.82, 2.24) is 4.72 Å². The molecule has 7 heteroatoms. The van der Waals surface area contributed by atoms with Crippen LogP contribution in [0.2, 0.25) is 0 Å². The maximum atomic E-state index is 11.8. The zero-order valence-electron chi connectivity index (χ0n) is 11.2. The molecule has 0 bridgehead atoms. The maximum Gasteiger partial charge on any atom is 0.308 e. The molecule has 1 unspecified atom stereocenters. The highest BCUT2D eigenvalue weighted by atomic mass is 32.2. The second-order valence-corrected chi connectivity index (χ2v) is 6.53. The van der Waals surface area contributed by atoms with Crippen LogP contribution < -0.4 is 9.62 Å². The average Bonchev–Trinajstić information content (AvgIpc) is 2.88. The topological polar surface area (TPSA) is 86.7 Å². The van der Waals surface area contributed by atoms with Crippen molar-refractivity contribution in [2.45, 2.75) is 18.2 Å². The number of carboxylic acids is 1. The van der Waals surface area contributed by atoms with Gasteiger partial charge >= 0.3 is 5.97 Å². The molecule has 1 atom stereocenters. The Morgan fingerprint density at radius 1 is 1.40 bits per heavy atom. The number of nitrogens with one attached hydrogen (secondary N) is 1. The Morgan fingerprint density at radius 2 is 2.05 bits per heavy atom. The quantitative estimate of drug-likeness (QED) is 0.843. The minimum Gasteiger partial charge on any atom is -0.481 e. The summed E-state index contributed by atoms with van der Waals surface area (Å²) in [5.41, 5.74) is 0.851. The summed E-state index contributed by atoms with van der Waals surface area (Å²) in [6.45, 7) is 3.21. The third kappa shape index (κ3) is 3.10. The van der Waals surface area contributed by atoms with E-state index in [0.29, 0.717) is 26.1 Å². The lowest BCUT2D eigenvalue weighted by Crippen LogP contribution is -2.24. The van der Waals surface area contributed by atoms with Crippen LogP contribution in [0.25, 0.3) is 0 Å². The van der Waals surface area contributed by atoms with Crippen LogP contribution in [0.15, 0.2) is 29.2 Å². The molecule has 1 aromatic carbocycles. The molecule has 110 valence electrons. The molecular weight excluding hydrogens is 280 g/mol. The zero-order chi connectivity index (χ0) is 14.8. The monoisotopic (exact) mass is 298 g/mol. The van der Waals surface area contributed by atoms with Crippen LogP contribution >= 0.6 is 0 Å². The number of hydrogen-bond acceptors (Lipinski definition) is 4. The van der Waals surface area contributed by atoms with Crippen molar-refractivity contribution >= 4 is 21.7 Å². The summed E-state index contributed by atoms with van der Waals surface area (Å²) in [5, 5.41) is 8.97. The van der Waals surface area contributed by atoms with E-state index in [-0.39, 0.29) is 10.8 Å². The molecule has 1 aliphatic rings. The van der Waals surface area contributed by atoms with E-state index >= 15 is 0 Å². The second kappa shape index (κ2) is 5.80. The van der Waals surface area contributed by atoms with Gasteiger partial charge in [-0.25, -0.2) is 13.1 Å². The summed E-state index contributed by atoms with van der Waals surface area (Å²) in [7, 11) is -3.44. The molecule has 1 saturated heterocycles. The highest BCUT2D eigenvalue weighted by Crippen LogP contribution is 2.25. The Kier molecular flexibility index (Phi) is 4.29. The lowest BCUT2D eigenvalue weighted by atomic mass is 10.1. The fourth-order valence-corrected chi connectivity index (χ4v) is 3.35. The van der Waals surface area contributed by atoms with Gasteiger partial charge in [-0.15, -0.1) is 0 Å². The van der Waals surface area contributed by atoms with Crippen molar-refractivity contribution in [2.75, 3.05) is 24.5 Å². The van der Waals surface area contributed by atoms with Crippen LogP contribution in [-0.4, -0.2) is 39.1 Å². The summed E-state index contributed by atoms with van der Waals surface area (Å²) >= 11 is 0. The zero-order valence-corrected chi connectivity index (χ0v) is 12.1. The largest absolute Gasteiger partial charge is 0.481 e. The SMILES string of the molecule is CCNS(=O)(=O)c1ccc(N2CCC(C(=O)O)C2)cc1. The van der Waals surface area contributed by atoms with Gasteiger partial charge in [-0.1, -0.05) is 6.92 Å². The number of nitrogens with zero attached hydrogens (tertiary/aromatic N) is 1. The molecule has 1 fully saturated rings. The van der Waals surface area contributed by atoms with Crippen LogP contribution in [0.5, 0.6) is 0 Å². The molecule has 1 aromatic rings. The third-order valence-corrected chi connectivity index (χ3v) is 4.95. The van der Waals surface area contributed by atoms with Crippen molar-refractivity contribution in [2.24, 2.45) is 5.92 Å². The predicted octanol–water partition coefficient (Wildman–Crippen LogP) is 0.896. The van der Waals surface area contributed by atoms with Gasteiger partial charge in [0.05, 0.1) is 10.8 Å². The van der Waals surface area contributed by atoms with E-state index in [1.54, 1.807) is 31.2 Å². The van der Waals surface area contributed by atoms with E-state index in [9.17, 15) is 13.2 Å². The number of anilines is 1. The Labute approximate surface area is 118 Å². The molecule has 1 heterocycles. The van der Waals surface area contributed by atoms with Gasteiger partial charge in [-0.2, -0.15) is 0 Å². The van der Waals surface area contributed by atoms with E-state index in [0.717, 1.165) is 5.69 Å². The highest BCUT2D eigenvalue weighted by molar-refractivity contribution is 7.89. The first kappa shape index (κ1) is 14.8. The number of sulfonamides is 1. The van der Waals surface area contributed by atoms with E-state index in [4.69, 9.17) is 5.11 Å². The standard InChI is InChI=1S/C13H18N2O4S/c1-2-14-20(18,19)12-5-3-11(4-6-12)15-8-7-10(9-15)13(16)17/h3-6,10,14H,2,7-9H2,1H3,(H,16,17). The smallest absolute Gasteiger partial charge is 0.308 e. The fraction of sp³-hybridized carbons (Fsp3) is 0.462. The summed E-state index contributed by atoms with van der Waals surface area (Å²) in [4.78, 5) is 13.1. The van der Waals surface area contributed by atoms with Crippen molar-refractivity contribution < 1.29 is 18.3 Å². The first-order chi connectivity index (χ1) is 9.44. The number of carboxylic acid groups (broad SMARTS) is 1. The van der Waals surface area contributed by atoms with Gasteiger partial charge in [0.2, 0.25) is 10.0 Å². The number of benzene rings is 1. The normalized spacial score (nSPS) is 19.2. The summed E-state index contributed by atoms with van der Waals surface area (Å²) in [5.74, 6) is -1.13.